The number of aromatic nitrogens is 2. The zero-order valence-corrected chi connectivity index (χ0v) is 18.8. The van der Waals surface area contributed by atoms with Crippen LogP contribution in [-0.2, 0) is 20.0 Å². The van der Waals surface area contributed by atoms with Crippen molar-refractivity contribution in [3.8, 4) is 17.6 Å². The number of nitrogens with zero attached hydrogens (tertiary/aromatic N) is 2. The van der Waals surface area contributed by atoms with Crippen LogP contribution in [-0.4, -0.2) is 27.3 Å². The van der Waals surface area contributed by atoms with E-state index in [9.17, 15) is 14.4 Å². The Hall–Kier alpha value is -4.09. The summed E-state index contributed by atoms with van der Waals surface area (Å²) in [6.07, 6.45) is 0.529. The first-order valence-electron chi connectivity index (χ1n) is 10.0. The van der Waals surface area contributed by atoms with Crippen LogP contribution in [0.15, 0.2) is 64.2 Å². The molecule has 1 N–H and O–H groups in total. The highest BCUT2D eigenvalue weighted by molar-refractivity contribution is 7.19. The van der Waals surface area contributed by atoms with Gasteiger partial charge in [0.05, 0.1) is 29.5 Å². The molecule has 0 aliphatic heterocycles. The summed E-state index contributed by atoms with van der Waals surface area (Å²) in [4.78, 5) is 38.2. The van der Waals surface area contributed by atoms with Gasteiger partial charge in [-0.1, -0.05) is 36.1 Å². The van der Waals surface area contributed by atoms with E-state index in [-0.39, 0.29) is 12.1 Å². The molecule has 4 rings (SSSR count). The van der Waals surface area contributed by atoms with E-state index < -0.39 is 17.2 Å². The Bertz CT molecular complexity index is 1530. The highest BCUT2D eigenvalue weighted by atomic mass is 32.1. The minimum atomic E-state index is -1.03. The zero-order chi connectivity index (χ0) is 23.5. The molecular weight excluding hydrogens is 440 g/mol. The van der Waals surface area contributed by atoms with Gasteiger partial charge in [0.15, 0.2) is 0 Å². The second-order valence-corrected chi connectivity index (χ2v) is 8.43. The van der Waals surface area contributed by atoms with Crippen molar-refractivity contribution >= 4 is 27.5 Å². The predicted octanol–water partition coefficient (Wildman–Crippen LogP) is 3.11. The average Bonchev–Trinajstić information content (AvgIpc) is 3.25. The third-order valence-corrected chi connectivity index (χ3v) is 6.32. The monoisotopic (exact) mass is 460 g/mol. The van der Waals surface area contributed by atoms with E-state index in [1.807, 2.05) is 24.3 Å². The van der Waals surface area contributed by atoms with Gasteiger partial charge in [0.1, 0.15) is 10.6 Å². The summed E-state index contributed by atoms with van der Waals surface area (Å²) < 4.78 is 7.82. The van der Waals surface area contributed by atoms with Crippen molar-refractivity contribution in [3.63, 3.8) is 0 Å². The van der Waals surface area contributed by atoms with Gasteiger partial charge in [-0.05, 0) is 41.5 Å². The Labute approximate surface area is 193 Å². The number of aryl methyl sites for hydroxylation is 1. The van der Waals surface area contributed by atoms with Crippen molar-refractivity contribution in [2.45, 2.75) is 13.0 Å². The highest BCUT2D eigenvalue weighted by Crippen LogP contribution is 2.21. The van der Waals surface area contributed by atoms with E-state index in [0.717, 1.165) is 15.9 Å². The van der Waals surface area contributed by atoms with Crippen LogP contribution in [0.5, 0.6) is 5.75 Å². The molecule has 0 amide bonds. The number of carbonyl (C=O) groups is 1. The standard InChI is InChI=1S/C25H20N2O5S/c1-26-23-21(14-20(33-23)8-4-6-16-5-3-7-19(13-16)32-2)22(28)27(25(26)31)15-17-9-11-18(12-10-17)24(29)30/h3,5,7,9-14H,6,15H2,1-2H3,(H,29,30). The van der Waals surface area contributed by atoms with Gasteiger partial charge in [-0.25, -0.2) is 9.59 Å². The SMILES string of the molecule is COc1cccc(CC#Cc2cc3c(=O)n(Cc4ccc(C(=O)O)cc4)c(=O)n(C)c3s2)c1. The lowest BCUT2D eigenvalue weighted by Gasteiger charge is -2.08. The van der Waals surface area contributed by atoms with E-state index in [1.54, 1.807) is 32.4 Å². The number of methoxy groups -OCH3 is 1. The van der Waals surface area contributed by atoms with Crippen molar-refractivity contribution in [1.82, 2.24) is 9.13 Å². The molecule has 4 aromatic rings. The molecule has 166 valence electrons. The Morgan fingerprint density at radius 1 is 1.09 bits per heavy atom. The Morgan fingerprint density at radius 2 is 1.85 bits per heavy atom. The Kier molecular flexibility index (Phi) is 6.16. The molecule has 0 fully saturated rings. The Balaban J connectivity index is 1.65. The minimum absolute atomic E-state index is 0.0496. The van der Waals surface area contributed by atoms with E-state index >= 15 is 0 Å². The van der Waals surface area contributed by atoms with Crippen LogP contribution in [0, 0.1) is 11.8 Å². The summed E-state index contributed by atoms with van der Waals surface area (Å²) in [5.41, 5.74) is 0.989. The summed E-state index contributed by atoms with van der Waals surface area (Å²) in [7, 11) is 3.24. The van der Waals surface area contributed by atoms with Crippen LogP contribution in [0.25, 0.3) is 10.2 Å². The number of thiophene rings is 1. The van der Waals surface area contributed by atoms with Gasteiger partial charge in [-0.2, -0.15) is 0 Å². The van der Waals surface area contributed by atoms with Gasteiger partial charge in [0.2, 0.25) is 0 Å². The maximum Gasteiger partial charge on any atom is 0.335 e. The van der Waals surface area contributed by atoms with E-state index in [0.29, 0.717) is 27.1 Å². The molecule has 0 saturated carbocycles. The van der Waals surface area contributed by atoms with Crippen molar-refractivity contribution < 1.29 is 14.6 Å². The number of aromatic carboxylic acids is 1. The van der Waals surface area contributed by atoms with Gasteiger partial charge in [-0.3, -0.25) is 13.9 Å². The molecule has 0 bridgehead atoms. The third-order valence-electron chi connectivity index (χ3n) is 5.19. The summed E-state index contributed by atoms with van der Waals surface area (Å²) in [6, 6.07) is 15.5. The fourth-order valence-corrected chi connectivity index (χ4v) is 4.42. The quantitative estimate of drug-likeness (QED) is 0.462. The Morgan fingerprint density at radius 3 is 2.55 bits per heavy atom. The average molecular weight is 461 g/mol. The highest BCUT2D eigenvalue weighted by Gasteiger charge is 2.14. The number of ether oxygens (including phenoxy) is 1. The summed E-state index contributed by atoms with van der Waals surface area (Å²) >= 11 is 1.30. The van der Waals surface area contributed by atoms with Crippen molar-refractivity contribution in [2.75, 3.05) is 7.11 Å². The van der Waals surface area contributed by atoms with Gasteiger partial charge in [-0.15, -0.1) is 11.3 Å². The lowest BCUT2D eigenvalue weighted by atomic mass is 10.1. The second-order valence-electron chi connectivity index (χ2n) is 7.39. The van der Waals surface area contributed by atoms with Crippen LogP contribution in [0.3, 0.4) is 0 Å². The topological polar surface area (TPSA) is 90.5 Å². The fourth-order valence-electron chi connectivity index (χ4n) is 3.44. The van der Waals surface area contributed by atoms with Gasteiger partial charge in [0.25, 0.3) is 5.56 Å². The number of fused-ring (bicyclic) bond motifs is 1. The number of rotatable bonds is 5. The van der Waals surface area contributed by atoms with Crippen molar-refractivity contribution in [2.24, 2.45) is 7.05 Å². The molecule has 0 aliphatic rings. The third kappa shape index (κ3) is 4.59. The summed E-state index contributed by atoms with van der Waals surface area (Å²) in [6.45, 7) is 0.0496. The van der Waals surface area contributed by atoms with Crippen molar-refractivity contribution in [3.05, 3.63) is 97.0 Å². The number of carboxylic acids is 1. The van der Waals surface area contributed by atoms with Crippen molar-refractivity contribution in [1.29, 1.82) is 0 Å². The normalized spacial score (nSPS) is 10.6. The first-order valence-corrected chi connectivity index (χ1v) is 10.9. The molecule has 0 radical (unpaired) electrons. The van der Waals surface area contributed by atoms with Crippen LogP contribution in [0.4, 0.5) is 0 Å². The molecule has 0 unspecified atom stereocenters. The predicted molar refractivity (Wildman–Crippen MR) is 127 cm³/mol. The molecule has 7 nitrogen and oxygen atoms in total. The number of hydrogen-bond acceptors (Lipinski definition) is 5. The molecule has 8 heteroatoms. The molecule has 0 atom stereocenters. The molecule has 33 heavy (non-hydrogen) atoms. The van der Waals surface area contributed by atoms with E-state index in [4.69, 9.17) is 9.84 Å². The van der Waals surface area contributed by atoms with Gasteiger partial charge in [0, 0.05) is 13.5 Å². The van der Waals surface area contributed by atoms with Crippen LogP contribution in [0.1, 0.15) is 26.4 Å². The fraction of sp³-hybridized carbons (Fsp3) is 0.160. The lowest BCUT2D eigenvalue weighted by molar-refractivity contribution is 0.0697. The van der Waals surface area contributed by atoms with E-state index in [1.165, 1.54) is 28.0 Å². The smallest absolute Gasteiger partial charge is 0.335 e. The second kappa shape index (κ2) is 9.18. The number of carboxylic acid groups (broad SMARTS) is 1. The van der Waals surface area contributed by atoms with Crippen LogP contribution >= 0.6 is 11.3 Å². The molecule has 2 aromatic carbocycles. The van der Waals surface area contributed by atoms with E-state index in [2.05, 4.69) is 11.8 Å². The largest absolute Gasteiger partial charge is 0.497 e. The summed E-state index contributed by atoms with van der Waals surface area (Å²) in [5.74, 6) is 5.94. The maximum absolute atomic E-state index is 13.1. The summed E-state index contributed by atoms with van der Waals surface area (Å²) in [5, 5.41) is 9.46. The molecule has 0 aliphatic carbocycles. The molecule has 2 aromatic heterocycles. The van der Waals surface area contributed by atoms with Gasteiger partial charge < -0.3 is 9.84 Å². The lowest BCUT2D eigenvalue weighted by Crippen LogP contribution is -2.38. The first-order chi connectivity index (χ1) is 15.9. The molecule has 0 saturated heterocycles. The molecular formula is C25H20N2O5S. The van der Waals surface area contributed by atoms with Crippen LogP contribution < -0.4 is 16.0 Å². The van der Waals surface area contributed by atoms with Crippen LogP contribution in [0.2, 0.25) is 0 Å². The molecule has 0 spiro atoms. The maximum atomic E-state index is 13.1. The molecule has 2 heterocycles. The minimum Gasteiger partial charge on any atom is -0.497 e. The number of hydrogen-bond donors (Lipinski definition) is 1. The van der Waals surface area contributed by atoms with Gasteiger partial charge >= 0.3 is 11.7 Å². The number of benzene rings is 2. The zero-order valence-electron chi connectivity index (χ0n) is 18.0. The first kappa shape index (κ1) is 22.1.